The molecular formula is C13H10N2OS. The van der Waals surface area contributed by atoms with Crippen molar-refractivity contribution in [2.75, 3.05) is 5.73 Å². The zero-order valence-electron chi connectivity index (χ0n) is 8.96. The first-order valence-corrected chi connectivity index (χ1v) is 6.01. The van der Waals surface area contributed by atoms with Crippen LogP contribution in [0.4, 0.5) is 5.00 Å². The minimum atomic E-state index is 0.567. The van der Waals surface area contributed by atoms with E-state index in [2.05, 4.69) is 17.1 Å². The van der Waals surface area contributed by atoms with Gasteiger partial charge < -0.3 is 10.5 Å². The standard InChI is InChI=1S/C13H10N2OS/c14-12-8-15-13(17-12)16-11-6-5-9-3-1-2-4-10(9)7-11/h1-8H,14H2. The van der Waals surface area contributed by atoms with Gasteiger partial charge in [-0.3, -0.25) is 0 Å². The second kappa shape index (κ2) is 4.07. The molecule has 0 spiro atoms. The van der Waals surface area contributed by atoms with E-state index in [9.17, 15) is 0 Å². The molecule has 0 saturated carbocycles. The normalized spacial score (nSPS) is 10.6. The number of nitrogens with zero attached hydrogens (tertiary/aromatic N) is 1. The molecule has 0 saturated heterocycles. The van der Waals surface area contributed by atoms with Gasteiger partial charge in [-0.2, -0.15) is 0 Å². The van der Waals surface area contributed by atoms with Crippen molar-refractivity contribution in [1.82, 2.24) is 4.98 Å². The van der Waals surface area contributed by atoms with Crippen molar-refractivity contribution in [3.05, 3.63) is 48.7 Å². The molecule has 0 radical (unpaired) electrons. The molecule has 3 rings (SSSR count). The van der Waals surface area contributed by atoms with Crippen LogP contribution in [-0.2, 0) is 0 Å². The quantitative estimate of drug-likeness (QED) is 0.745. The van der Waals surface area contributed by atoms with E-state index in [0.717, 1.165) is 11.1 Å². The molecule has 0 unspecified atom stereocenters. The van der Waals surface area contributed by atoms with E-state index in [0.29, 0.717) is 10.2 Å². The summed E-state index contributed by atoms with van der Waals surface area (Å²) in [7, 11) is 0. The van der Waals surface area contributed by atoms with Crippen LogP contribution in [0.1, 0.15) is 0 Å². The number of hydrogen-bond donors (Lipinski definition) is 1. The van der Waals surface area contributed by atoms with Gasteiger partial charge in [-0.1, -0.05) is 41.7 Å². The summed E-state index contributed by atoms with van der Waals surface area (Å²) >= 11 is 1.33. The van der Waals surface area contributed by atoms with Gasteiger partial charge in [0.25, 0.3) is 5.19 Å². The number of benzene rings is 2. The highest BCUT2D eigenvalue weighted by atomic mass is 32.1. The molecule has 0 aliphatic rings. The largest absolute Gasteiger partial charge is 0.431 e. The molecular weight excluding hydrogens is 232 g/mol. The predicted molar refractivity (Wildman–Crippen MR) is 70.5 cm³/mol. The molecule has 17 heavy (non-hydrogen) atoms. The summed E-state index contributed by atoms with van der Waals surface area (Å²) in [5.41, 5.74) is 5.60. The molecule has 0 bridgehead atoms. The molecule has 0 amide bonds. The maximum Gasteiger partial charge on any atom is 0.280 e. The summed E-state index contributed by atoms with van der Waals surface area (Å²) in [4.78, 5) is 4.06. The van der Waals surface area contributed by atoms with Gasteiger partial charge in [0.1, 0.15) is 10.8 Å². The predicted octanol–water partition coefficient (Wildman–Crippen LogP) is 3.67. The summed E-state index contributed by atoms with van der Waals surface area (Å²) < 4.78 is 5.63. The van der Waals surface area contributed by atoms with Crippen molar-refractivity contribution in [3.63, 3.8) is 0 Å². The van der Waals surface area contributed by atoms with Crippen molar-refractivity contribution in [3.8, 4) is 10.9 Å². The second-order valence-corrected chi connectivity index (χ2v) is 4.66. The molecule has 84 valence electrons. The van der Waals surface area contributed by atoms with Crippen LogP contribution in [0.15, 0.2) is 48.7 Å². The van der Waals surface area contributed by atoms with Crippen molar-refractivity contribution in [1.29, 1.82) is 0 Å². The van der Waals surface area contributed by atoms with Crippen LogP contribution in [0.5, 0.6) is 10.9 Å². The van der Waals surface area contributed by atoms with E-state index >= 15 is 0 Å². The Labute approximate surface area is 102 Å². The van der Waals surface area contributed by atoms with E-state index in [4.69, 9.17) is 10.5 Å². The number of hydrogen-bond acceptors (Lipinski definition) is 4. The number of fused-ring (bicyclic) bond motifs is 1. The maximum atomic E-state index is 5.63. The molecule has 2 N–H and O–H groups in total. The van der Waals surface area contributed by atoms with Crippen LogP contribution >= 0.6 is 11.3 Å². The number of thiazole rings is 1. The van der Waals surface area contributed by atoms with E-state index in [1.54, 1.807) is 6.20 Å². The van der Waals surface area contributed by atoms with Crippen LogP contribution in [0, 0.1) is 0 Å². The highest BCUT2D eigenvalue weighted by molar-refractivity contribution is 7.17. The average Bonchev–Trinajstić information content (AvgIpc) is 2.75. The number of rotatable bonds is 2. The Bertz CT molecular complexity index is 663. The van der Waals surface area contributed by atoms with Crippen LogP contribution < -0.4 is 10.5 Å². The van der Waals surface area contributed by atoms with E-state index in [1.807, 2.05) is 30.3 Å². The Morgan fingerprint density at radius 2 is 1.88 bits per heavy atom. The van der Waals surface area contributed by atoms with Gasteiger partial charge in [0, 0.05) is 0 Å². The Morgan fingerprint density at radius 3 is 2.65 bits per heavy atom. The third-order valence-corrected chi connectivity index (χ3v) is 3.13. The lowest BCUT2D eigenvalue weighted by Crippen LogP contribution is -1.82. The zero-order chi connectivity index (χ0) is 11.7. The number of nitrogens with two attached hydrogens (primary N) is 1. The van der Waals surface area contributed by atoms with Crippen molar-refractivity contribution in [2.45, 2.75) is 0 Å². The van der Waals surface area contributed by atoms with Gasteiger partial charge >= 0.3 is 0 Å². The van der Waals surface area contributed by atoms with E-state index in [-0.39, 0.29) is 0 Å². The van der Waals surface area contributed by atoms with Crippen LogP contribution in [0.2, 0.25) is 0 Å². The SMILES string of the molecule is Nc1cnc(Oc2ccc3ccccc3c2)s1. The third kappa shape index (κ3) is 2.07. The molecule has 0 aliphatic heterocycles. The molecule has 3 nitrogen and oxygen atoms in total. The first kappa shape index (κ1) is 10.1. The Balaban J connectivity index is 1.95. The lowest BCUT2D eigenvalue weighted by Gasteiger charge is -2.03. The first-order valence-electron chi connectivity index (χ1n) is 5.19. The molecule has 2 aromatic carbocycles. The fraction of sp³-hybridized carbons (Fsp3) is 0. The van der Waals surface area contributed by atoms with Crippen molar-refractivity contribution < 1.29 is 4.74 Å². The molecule has 3 aromatic rings. The van der Waals surface area contributed by atoms with E-state index < -0.39 is 0 Å². The molecule has 4 heteroatoms. The second-order valence-electron chi connectivity index (χ2n) is 3.64. The average molecular weight is 242 g/mol. The van der Waals surface area contributed by atoms with Crippen LogP contribution in [0.3, 0.4) is 0 Å². The van der Waals surface area contributed by atoms with Gasteiger partial charge in [-0.25, -0.2) is 4.98 Å². The molecule has 1 aromatic heterocycles. The maximum absolute atomic E-state index is 5.63. The summed E-state index contributed by atoms with van der Waals surface area (Å²) in [6.07, 6.45) is 1.60. The van der Waals surface area contributed by atoms with Crippen LogP contribution in [0.25, 0.3) is 10.8 Å². The van der Waals surface area contributed by atoms with Crippen molar-refractivity contribution in [2.24, 2.45) is 0 Å². The fourth-order valence-corrected chi connectivity index (χ4v) is 2.20. The smallest absolute Gasteiger partial charge is 0.280 e. The van der Waals surface area contributed by atoms with Gasteiger partial charge in [0.05, 0.1) is 6.20 Å². The highest BCUT2D eigenvalue weighted by Crippen LogP contribution is 2.29. The Morgan fingerprint density at radius 1 is 1.06 bits per heavy atom. The fourth-order valence-electron chi connectivity index (χ4n) is 1.65. The van der Waals surface area contributed by atoms with Gasteiger partial charge in [-0.05, 0) is 22.9 Å². The minimum absolute atomic E-state index is 0.567. The molecule has 1 heterocycles. The number of aromatic nitrogens is 1. The third-order valence-electron chi connectivity index (χ3n) is 2.43. The molecule has 0 aliphatic carbocycles. The van der Waals surface area contributed by atoms with Crippen LogP contribution in [-0.4, -0.2) is 4.98 Å². The number of ether oxygens (including phenoxy) is 1. The Kier molecular flexibility index (Phi) is 2.42. The highest BCUT2D eigenvalue weighted by Gasteiger charge is 2.02. The monoisotopic (exact) mass is 242 g/mol. The van der Waals surface area contributed by atoms with Crippen molar-refractivity contribution >= 4 is 27.1 Å². The zero-order valence-corrected chi connectivity index (χ0v) is 9.78. The minimum Gasteiger partial charge on any atom is -0.431 e. The molecule has 0 atom stereocenters. The van der Waals surface area contributed by atoms with Gasteiger partial charge in [0.2, 0.25) is 0 Å². The lowest BCUT2D eigenvalue weighted by molar-refractivity contribution is 0.479. The first-order chi connectivity index (χ1) is 8.31. The summed E-state index contributed by atoms with van der Waals surface area (Å²) in [5, 5.41) is 3.56. The topological polar surface area (TPSA) is 48.1 Å². The number of anilines is 1. The Hall–Kier alpha value is -2.07. The summed E-state index contributed by atoms with van der Waals surface area (Å²) in [5.74, 6) is 0.776. The molecule has 0 fully saturated rings. The van der Waals surface area contributed by atoms with Gasteiger partial charge in [0.15, 0.2) is 0 Å². The van der Waals surface area contributed by atoms with E-state index in [1.165, 1.54) is 16.7 Å². The lowest BCUT2D eigenvalue weighted by atomic mass is 10.1. The number of nitrogen functional groups attached to an aromatic ring is 1. The van der Waals surface area contributed by atoms with Gasteiger partial charge in [-0.15, -0.1) is 0 Å². The summed E-state index contributed by atoms with van der Waals surface area (Å²) in [6, 6.07) is 14.1. The summed E-state index contributed by atoms with van der Waals surface area (Å²) in [6.45, 7) is 0.